The number of nitrogens with two attached hydrogens (primary N) is 1. The Hall–Kier alpha value is -2.18. The second-order valence-electron chi connectivity index (χ2n) is 4.87. The van der Waals surface area contributed by atoms with Gasteiger partial charge in [0.2, 0.25) is 5.91 Å². The molecule has 6 heteroatoms. The minimum Gasteiger partial charge on any atom is -0.330 e. The van der Waals surface area contributed by atoms with E-state index in [-0.39, 0.29) is 11.3 Å². The fraction of sp³-hybridized carbons (Fsp3) is 0.188. The molecule has 0 heterocycles. The van der Waals surface area contributed by atoms with E-state index < -0.39 is 15.9 Å². The molecule has 0 radical (unpaired) electrons. The summed E-state index contributed by atoms with van der Waals surface area (Å²) in [7, 11) is -3.84. The summed E-state index contributed by atoms with van der Waals surface area (Å²) in [5.74, 6) is -0.558. The number of hydrogen-bond acceptors (Lipinski definition) is 4. The molecule has 2 aromatic rings. The highest BCUT2D eigenvalue weighted by molar-refractivity contribution is 7.90. The van der Waals surface area contributed by atoms with Crippen LogP contribution in [0.3, 0.4) is 0 Å². The molecule has 22 heavy (non-hydrogen) atoms. The molecule has 0 unspecified atom stereocenters. The average Bonchev–Trinajstić information content (AvgIpc) is 2.48. The summed E-state index contributed by atoms with van der Waals surface area (Å²) < 4.78 is 26.4. The van der Waals surface area contributed by atoms with Crippen molar-refractivity contribution in [3.8, 4) is 0 Å². The first-order valence-electron chi connectivity index (χ1n) is 6.90. The molecule has 2 rings (SSSR count). The van der Waals surface area contributed by atoms with E-state index in [1.54, 1.807) is 36.4 Å². The van der Waals surface area contributed by atoms with Crippen molar-refractivity contribution in [3.63, 3.8) is 0 Å². The third-order valence-corrected chi connectivity index (χ3v) is 4.51. The van der Waals surface area contributed by atoms with Crippen molar-refractivity contribution in [2.24, 2.45) is 5.73 Å². The van der Waals surface area contributed by atoms with E-state index in [9.17, 15) is 13.2 Å². The van der Waals surface area contributed by atoms with Gasteiger partial charge in [-0.1, -0.05) is 42.5 Å². The van der Waals surface area contributed by atoms with Crippen molar-refractivity contribution >= 4 is 15.9 Å². The number of carbonyl (C=O) groups excluding carboxylic acids is 1. The normalized spacial score (nSPS) is 11.1. The van der Waals surface area contributed by atoms with Crippen LogP contribution in [0.25, 0.3) is 0 Å². The Balaban J connectivity index is 2.05. The fourth-order valence-electron chi connectivity index (χ4n) is 2.03. The van der Waals surface area contributed by atoms with Crippen LogP contribution >= 0.6 is 0 Å². The highest BCUT2D eigenvalue weighted by Crippen LogP contribution is 2.11. The van der Waals surface area contributed by atoms with Crippen LogP contribution in [0.15, 0.2) is 59.5 Å². The number of carbonyl (C=O) groups is 1. The first kappa shape index (κ1) is 16.2. The molecule has 1 amide bonds. The van der Waals surface area contributed by atoms with Crippen LogP contribution in [-0.4, -0.2) is 20.9 Å². The molecular weight excluding hydrogens is 300 g/mol. The molecule has 0 saturated heterocycles. The lowest BCUT2D eigenvalue weighted by Crippen LogP contribution is -2.31. The third kappa shape index (κ3) is 4.41. The highest BCUT2D eigenvalue weighted by atomic mass is 32.2. The summed E-state index contributed by atoms with van der Waals surface area (Å²) in [6.07, 6.45) is 0.700. The molecule has 0 saturated carbocycles. The van der Waals surface area contributed by atoms with Gasteiger partial charge in [-0.05, 0) is 36.2 Å². The van der Waals surface area contributed by atoms with Gasteiger partial charge in [-0.3, -0.25) is 4.79 Å². The molecule has 116 valence electrons. The topological polar surface area (TPSA) is 89.3 Å². The molecule has 0 bridgehead atoms. The predicted octanol–water partition coefficient (Wildman–Crippen LogP) is 1.24. The zero-order valence-electron chi connectivity index (χ0n) is 12.0. The first-order chi connectivity index (χ1) is 10.5. The highest BCUT2D eigenvalue weighted by Gasteiger charge is 2.17. The fourth-order valence-corrected chi connectivity index (χ4v) is 3.01. The van der Waals surface area contributed by atoms with Crippen molar-refractivity contribution in [3.05, 3.63) is 65.7 Å². The van der Waals surface area contributed by atoms with E-state index in [4.69, 9.17) is 5.73 Å². The lowest BCUT2D eigenvalue weighted by atomic mass is 10.1. The molecule has 3 N–H and O–H groups in total. The Morgan fingerprint density at radius 3 is 2.18 bits per heavy atom. The van der Waals surface area contributed by atoms with E-state index in [0.29, 0.717) is 13.0 Å². The molecule has 2 aromatic carbocycles. The summed E-state index contributed by atoms with van der Waals surface area (Å²) >= 11 is 0. The Bertz CT molecular complexity index is 726. The number of nitrogens with one attached hydrogen (secondary N) is 1. The van der Waals surface area contributed by atoms with Crippen LogP contribution in [0.1, 0.15) is 11.1 Å². The van der Waals surface area contributed by atoms with Crippen molar-refractivity contribution in [2.45, 2.75) is 17.7 Å². The largest absolute Gasteiger partial charge is 0.330 e. The second-order valence-corrected chi connectivity index (χ2v) is 6.56. The Labute approximate surface area is 130 Å². The number of rotatable bonds is 6. The molecular formula is C16H18N2O3S. The van der Waals surface area contributed by atoms with Crippen molar-refractivity contribution in [1.29, 1.82) is 0 Å². The van der Waals surface area contributed by atoms with Crippen molar-refractivity contribution < 1.29 is 13.2 Å². The van der Waals surface area contributed by atoms with Crippen LogP contribution in [0.4, 0.5) is 0 Å². The van der Waals surface area contributed by atoms with E-state index >= 15 is 0 Å². The molecule has 0 aromatic heterocycles. The van der Waals surface area contributed by atoms with Gasteiger partial charge >= 0.3 is 0 Å². The zero-order valence-corrected chi connectivity index (χ0v) is 12.8. The first-order valence-corrected chi connectivity index (χ1v) is 8.38. The average molecular weight is 318 g/mol. The van der Waals surface area contributed by atoms with Crippen LogP contribution in [0.5, 0.6) is 0 Å². The van der Waals surface area contributed by atoms with Gasteiger partial charge in [-0.15, -0.1) is 0 Å². The van der Waals surface area contributed by atoms with Gasteiger partial charge in [0.1, 0.15) is 0 Å². The molecule has 0 atom stereocenters. The zero-order chi connectivity index (χ0) is 16.0. The van der Waals surface area contributed by atoms with Crippen LogP contribution in [0, 0.1) is 0 Å². The van der Waals surface area contributed by atoms with Gasteiger partial charge in [-0.25, -0.2) is 13.1 Å². The minimum absolute atomic E-state index is 0.0192. The van der Waals surface area contributed by atoms with E-state index in [2.05, 4.69) is 4.72 Å². The SMILES string of the molecule is NCCc1ccc(S(=O)(=O)NC(=O)Cc2ccccc2)cc1. The van der Waals surface area contributed by atoms with Gasteiger partial charge in [0.25, 0.3) is 10.0 Å². The summed E-state index contributed by atoms with van der Waals surface area (Å²) in [5.41, 5.74) is 7.16. The molecule has 0 aliphatic rings. The van der Waals surface area contributed by atoms with Crippen molar-refractivity contribution in [2.75, 3.05) is 6.54 Å². The van der Waals surface area contributed by atoms with E-state index in [1.807, 2.05) is 6.07 Å². The lowest BCUT2D eigenvalue weighted by Gasteiger charge is -2.08. The maximum Gasteiger partial charge on any atom is 0.264 e. The number of amides is 1. The summed E-state index contributed by atoms with van der Waals surface area (Å²) in [6, 6.07) is 15.3. The molecule has 5 nitrogen and oxygen atoms in total. The van der Waals surface area contributed by atoms with Crippen LogP contribution in [-0.2, 0) is 27.7 Å². The Morgan fingerprint density at radius 2 is 1.59 bits per heavy atom. The minimum atomic E-state index is -3.84. The maximum absolute atomic E-state index is 12.1. The number of benzene rings is 2. The lowest BCUT2D eigenvalue weighted by molar-refractivity contribution is -0.118. The van der Waals surface area contributed by atoms with Gasteiger partial charge in [0.05, 0.1) is 11.3 Å². The molecule has 0 aliphatic heterocycles. The van der Waals surface area contributed by atoms with E-state index in [0.717, 1.165) is 11.1 Å². The van der Waals surface area contributed by atoms with Gasteiger partial charge < -0.3 is 5.73 Å². The standard InChI is InChI=1S/C16H18N2O3S/c17-11-10-13-6-8-15(9-7-13)22(20,21)18-16(19)12-14-4-2-1-3-5-14/h1-9H,10-12,17H2,(H,18,19). The summed E-state index contributed by atoms with van der Waals surface area (Å²) in [6.45, 7) is 0.500. The summed E-state index contributed by atoms with van der Waals surface area (Å²) in [4.78, 5) is 11.9. The number of sulfonamides is 1. The molecule has 0 aliphatic carbocycles. The Kier molecular flexibility index (Phi) is 5.30. The quantitative estimate of drug-likeness (QED) is 0.838. The van der Waals surface area contributed by atoms with Gasteiger partial charge in [-0.2, -0.15) is 0 Å². The van der Waals surface area contributed by atoms with Gasteiger partial charge in [0.15, 0.2) is 0 Å². The van der Waals surface area contributed by atoms with Gasteiger partial charge in [0, 0.05) is 0 Å². The maximum atomic E-state index is 12.1. The Morgan fingerprint density at radius 1 is 0.955 bits per heavy atom. The third-order valence-electron chi connectivity index (χ3n) is 3.12. The molecule has 0 fully saturated rings. The smallest absolute Gasteiger partial charge is 0.264 e. The van der Waals surface area contributed by atoms with E-state index in [1.165, 1.54) is 12.1 Å². The summed E-state index contributed by atoms with van der Waals surface area (Å²) in [5, 5.41) is 0. The van der Waals surface area contributed by atoms with Crippen LogP contribution < -0.4 is 10.5 Å². The second kappa shape index (κ2) is 7.20. The monoisotopic (exact) mass is 318 g/mol. The molecule has 0 spiro atoms. The number of hydrogen-bond donors (Lipinski definition) is 2. The van der Waals surface area contributed by atoms with Crippen LogP contribution in [0.2, 0.25) is 0 Å². The predicted molar refractivity (Wildman–Crippen MR) is 84.7 cm³/mol. The van der Waals surface area contributed by atoms with Crippen molar-refractivity contribution in [1.82, 2.24) is 4.72 Å².